The topological polar surface area (TPSA) is 23.5 Å². The maximum Gasteiger partial charge on any atom is 0.0919 e. The molecule has 0 aromatic heterocycles. The van der Waals surface area contributed by atoms with Gasteiger partial charge in [0, 0.05) is 13.1 Å². The minimum atomic E-state index is -0.445. The summed E-state index contributed by atoms with van der Waals surface area (Å²) in [4.78, 5) is 2.17. The molecule has 2 aromatic rings. The molecule has 0 aliphatic rings. The lowest BCUT2D eigenvalue weighted by molar-refractivity contribution is 0.123. The van der Waals surface area contributed by atoms with Crippen LogP contribution in [0.1, 0.15) is 33.9 Å². The van der Waals surface area contributed by atoms with Crippen molar-refractivity contribution in [2.24, 2.45) is 0 Å². The molecule has 0 aliphatic heterocycles. The third-order valence-electron chi connectivity index (χ3n) is 3.81. The molecular weight excluding hydrogens is 258 g/mol. The van der Waals surface area contributed by atoms with Gasteiger partial charge in [0.25, 0.3) is 0 Å². The van der Waals surface area contributed by atoms with Gasteiger partial charge in [0.2, 0.25) is 0 Å². The number of aliphatic hydroxyl groups excluding tert-OH is 1. The zero-order valence-electron chi connectivity index (χ0n) is 13.4. The van der Waals surface area contributed by atoms with Crippen LogP contribution in [-0.4, -0.2) is 23.6 Å². The summed E-state index contributed by atoms with van der Waals surface area (Å²) in [6.45, 7) is 7.71. The Balaban J connectivity index is 2.01. The van der Waals surface area contributed by atoms with E-state index in [1.54, 1.807) is 0 Å². The molecule has 0 saturated heterocycles. The summed E-state index contributed by atoms with van der Waals surface area (Å²) in [5.41, 5.74) is 5.93. The van der Waals surface area contributed by atoms with E-state index in [4.69, 9.17) is 0 Å². The van der Waals surface area contributed by atoms with Gasteiger partial charge in [-0.05, 0) is 44.5 Å². The SMILES string of the molecule is Cc1cccc(CN(C)CC(O)c2cc(C)ccc2C)c1. The average molecular weight is 283 g/mol. The zero-order valence-corrected chi connectivity index (χ0v) is 13.4. The van der Waals surface area contributed by atoms with Crippen molar-refractivity contribution in [3.63, 3.8) is 0 Å². The molecule has 2 heteroatoms. The van der Waals surface area contributed by atoms with Gasteiger partial charge in [-0.3, -0.25) is 4.90 Å². The number of hydrogen-bond donors (Lipinski definition) is 1. The quantitative estimate of drug-likeness (QED) is 0.902. The average Bonchev–Trinajstić information content (AvgIpc) is 2.41. The van der Waals surface area contributed by atoms with Crippen molar-refractivity contribution in [3.05, 3.63) is 70.3 Å². The van der Waals surface area contributed by atoms with E-state index < -0.39 is 6.10 Å². The second-order valence-electron chi connectivity index (χ2n) is 6.06. The van der Waals surface area contributed by atoms with Crippen molar-refractivity contribution >= 4 is 0 Å². The minimum Gasteiger partial charge on any atom is -0.387 e. The Morgan fingerprint density at radius 2 is 1.71 bits per heavy atom. The summed E-state index contributed by atoms with van der Waals surface area (Å²) >= 11 is 0. The molecule has 2 nitrogen and oxygen atoms in total. The highest BCUT2D eigenvalue weighted by atomic mass is 16.3. The summed E-state index contributed by atoms with van der Waals surface area (Å²) in [5.74, 6) is 0. The Hall–Kier alpha value is -1.64. The number of aryl methyl sites for hydroxylation is 3. The van der Waals surface area contributed by atoms with E-state index in [1.165, 1.54) is 16.7 Å². The van der Waals surface area contributed by atoms with Crippen LogP contribution in [0.15, 0.2) is 42.5 Å². The van der Waals surface area contributed by atoms with Gasteiger partial charge in [-0.25, -0.2) is 0 Å². The van der Waals surface area contributed by atoms with E-state index in [0.29, 0.717) is 6.54 Å². The molecule has 0 amide bonds. The predicted molar refractivity (Wildman–Crippen MR) is 88.4 cm³/mol. The molecule has 0 spiro atoms. The van der Waals surface area contributed by atoms with Gasteiger partial charge in [0.05, 0.1) is 6.10 Å². The lowest BCUT2D eigenvalue weighted by Gasteiger charge is -2.22. The van der Waals surface area contributed by atoms with Gasteiger partial charge in [-0.15, -0.1) is 0 Å². The van der Waals surface area contributed by atoms with Crippen molar-refractivity contribution in [1.29, 1.82) is 0 Å². The van der Waals surface area contributed by atoms with E-state index >= 15 is 0 Å². The molecule has 0 heterocycles. The number of rotatable bonds is 5. The van der Waals surface area contributed by atoms with Crippen LogP contribution in [0.5, 0.6) is 0 Å². The second kappa shape index (κ2) is 6.88. The van der Waals surface area contributed by atoms with Crippen LogP contribution in [0.3, 0.4) is 0 Å². The van der Waals surface area contributed by atoms with Crippen LogP contribution >= 0.6 is 0 Å². The van der Waals surface area contributed by atoms with Crippen LogP contribution in [0.2, 0.25) is 0 Å². The van der Waals surface area contributed by atoms with Crippen molar-refractivity contribution < 1.29 is 5.11 Å². The first-order chi connectivity index (χ1) is 9.95. The number of benzene rings is 2. The first kappa shape index (κ1) is 15.7. The van der Waals surface area contributed by atoms with Crippen molar-refractivity contribution in [2.45, 2.75) is 33.4 Å². The standard InChI is InChI=1S/C19H25NO/c1-14-6-5-7-17(10-14)12-20(4)13-19(21)18-11-15(2)8-9-16(18)3/h5-11,19,21H,12-13H2,1-4H3. The Morgan fingerprint density at radius 1 is 1.00 bits per heavy atom. The molecule has 2 aromatic carbocycles. The molecule has 0 saturated carbocycles. The predicted octanol–water partition coefficient (Wildman–Crippen LogP) is 3.78. The number of hydrogen-bond acceptors (Lipinski definition) is 2. The Morgan fingerprint density at radius 3 is 2.43 bits per heavy atom. The highest BCUT2D eigenvalue weighted by Crippen LogP contribution is 2.20. The van der Waals surface area contributed by atoms with Gasteiger partial charge < -0.3 is 5.11 Å². The zero-order chi connectivity index (χ0) is 15.4. The van der Waals surface area contributed by atoms with Crippen LogP contribution in [0, 0.1) is 20.8 Å². The minimum absolute atomic E-state index is 0.445. The third-order valence-corrected chi connectivity index (χ3v) is 3.81. The molecule has 2 rings (SSSR count). The van der Waals surface area contributed by atoms with Gasteiger partial charge in [-0.2, -0.15) is 0 Å². The van der Waals surface area contributed by atoms with E-state index in [-0.39, 0.29) is 0 Å². The highest BCUT2D eigenvalue weighted by molar-refractivity contribution is 5.32. The van der Waals surface area contributed by atoms with Gasteiger partial charge in [0.15, 0.2) is 0 Å². The Bertz CT molecular complexity index is 606. The number of aliphatic hydroxyl groups is 1. The maximum atomic E-state index is 10.5. The second-order valence-corrected chi connectivity index (χ2v) is 6.06. The van der Waals surface area contributed by atoms with E-state index in [1.807, 2.05) is 0 Å². The molecule has 1 N–H and O–H groups in total. The maximum absolute atomic E-state index is 10.5. The third kappa shape index (κ3) is 4.42. The van der Waals surface area contributed by atoms with Crippen LogP contribution in [-0.2, 0) is 6.54 Å². The number of nitrogens with zero attached hydrogens (tertiary/aromatic N) is 1. The van der Waals surface area contributed by atoms with E-state index in [2.05, 4.69) is 75.2 Å². The largest absolute Gasteiger partial charge is 0.387 e. The van der Waals surface area contributed by atoms with Crippen molar-refractivity contribution in [3.8, 4) is 0 Å². The van der Waals surface area contributed by atoms with Gasteiger partial charge in [0.1, 0.15) is 0 Å². The molecule has 1 unspecified atom stereocenters. The summed E-state index contributed by atoms with van der Waals surface area (Å²) < 4.78 is 0. The fourth-order valence-corrected chi connectivity index (χ4v) is 2.70. The Labute approximate surface area is 128 Å². The van der Waals surface area contributed by atoms with Crippen molar-refractivity contribution in [1.82, 2.24) is 4.90 Å². The van der Waals surface area contributed by atoms with Gasteiger partial charge in [-0.1, -0.05) is 53.6 Å². The van der Waals surface area contributed by atoms with Gasteiger partial charge >= 0.3 is 0 Å². The molecule has 1 atom stereocenters. The van der Waals surface area contributed by atoms with E-state index in [9.17, 15) is 5.11 Å². The molecule has 0 aliphatic carbocycles. The molecule has 0 fully saturated rings. The first-order valence-corrected chi connectivity index (χ1v) is 7.45. The van der Waals surface area contributed by atoms with E-state index in [0.717, 1.165) is 17.7 Å². The van der Waals surface area contributed by atoms with Crippen molar-refractivity contribution in [2.75, 3.05) is 13.6 Å². The lowest BCUT2D eigenvalue weighted by atomic mass is 10.0. The van der Waals surface area contributed by atoms with Crippen LogP contribution < -0.4 is 0 Å². The lowest BCUT2D eigenvalue weighted by Crippen LogP contribution is -2.24. The summed E-state index contributed by atoms with van der Waals surface area (Å²) in [6.07, 6.45) is -0.445. The molecule has 0 radical (unpaired) electrons. The fraction of sp³-hybridized carbons (Fsp3) is 0.368. The first-order valence-electron chi connectivity index (χ1n) is 7.45. The monoisotopic (exact) mass is 283 g/mol. The normalized spacial score (nSPS) is 12.7. The molecular formula is C19H25NO. The smallest absolute Gasteiger partial charge is 0.0919 e. The molecule has 0 bridgehead atoms. The summed E-state index contributed by atoms with van der Waals surface area (Å²) in [7, 11) is 2.05. The summed E-state index contributed by atoms with van der Waals surface area (Å²) in [5, 5.41) is 10.5. The molecule has 112 valence electrons. The summed E-state index contributed by atoms with van der Waals surface area (Å²) in [6, 6.07) is 14.8. The highest BCUT2D eigenvalue weighted by Gasteiger charge is 2.13. The molecule has 21 heavy (non-hydrogen) atoms. The Kier molecular flexibility index (Phi) is 5.16. The van der Waals surface area contributed by atoms with Crippen LogP contribution in [0.25, 0.3) is 0 Å². The fourth-order valence-electron chi connectivity index (χ4n) is 2.70. The van der Waals surface area contributed by atoms with Crippen LogP contribution in [0.4, 0.5) is 0 Å². The number of likely N-dealkylation sites (N-methyl/N-ethyl adjacent to an activating group) is 1.